The van der Waals surface area contributed by atoms with Gasteiger partial charge in [0.05, 0.1) is 6.10 Å². The van der Waals surface area contributed by atoms with Crippen molar-refractivity contribution in [3.05, 3.63) is 35.4 Å². The molecule has 1 aromatic rings. The van der Waals surface area contributed by atoms with Crippen molar-refractivity contribution in [2.75, 3.05) is 13.1 Å². The van der Waals surface area contributed by atoms with E-state index >= 15 is 0 Å². The van der Waals surface area contributed by atoms with Crippen LogP contribution in [-0.4, -0.2) is 35.1 Å². The van der Waals surface area contributed by atoms with Crippen LogP contribution in [0.4, 0.5) is 0 Å². The van der Waals surface area contributed by atoms with Crippen molar-refractivity contribution in [1.82, 2.24) is 4.90 Å². The Labute approximate surface area is 108 Å². The lowest BCUT2D eigenvalue weighted by Gasteiger charge is -2.15. The summed E-state index contributed by atoms with van der Waals surface area (Å²) in [5, 5.41) is 9.40. The Morgan fingerprint density at radius 2 is 2.00 bits per heavy atom. The Kier molecular flexibility index (Phi) is 4.37. The minimum Gasteiger partial charge on any atom is -0.391 e. The van der Waals surface area contributed by atoms with E-state index in [1.807, 2.05) is 0 Å². The standard InChI is InChI=1S/C15H21NO2/c1-2-12-3-5-13(6-4-12)7-8-15(18)16-10-9-14(17)11-16/h3-6,14,17H,2,7-11H2,1H3/t14-/m1/s1. The molecular weight excluding hydrogens is 226 g/mol. The average Bonchev–Trinajstić information content (AvgIpc) is 2.83. The molecule has 1 aliphatic rings. The van der Waals surface area contributed by atoms with Crippen molar-refractivity contribution < 1.29 is 9.90 Å². The molecule has 1 N–H and O–H groups in total. The lowest BCUT2D eigenvalue weighted by atomic mass is 10.1. The molecule has 98 valence electrons. The Bertz CT molecular complexity index is 399. The number of carbonyl (C=O) groups is 1. The first kappa shape index (κ1) is 13.1. The van der Waals surface area contributed by atoms with Crippen molar-refractivity contribution in [3.8, 4) is 0 Å². The van der Waals surface area contributed by atoms with E-state index in [4.69, 9.17) is 0 Å². The van der Waals surface area contributed by atoms with E-state index in [0.717, 1.165) is 19.3 Å². The molecule has 1 aliphatic heterocycles. The summed E-state index contributed by atoms with van der Waals surface area (Å²) in [6, 6.07) is 8.45. The quantitative estimate of drug-likeness (QED) is 0.881. The van der Waals surface area contributed by atoms with Crippen LogP contribution in [0.5, 0.6) is 0 Å². The zero-order valence-electron chi connectivity index (χ0n) is 10.9. The third-order valence-electron chi connectivity index (χ3n) is 3.57. The normalized spacial score (nSPS) is 19.2. The number of rotatable bonds is 4. The first-order chi connectivity index (χ1) is 8.69. The fraction of sp³-hybridized carbons (Fsp3) is 0.533. The van der Waals surface area contributed by atoms with Crippen molar-refractivity contribution in [1.29, 1.82) is 0 Å². The smallest absolute Gasteiger partial charge is 0.222 e. The Hall–Kier alpha value is -1.35. The zero-order chi connectivity index (χ0) is 13.0. The van der Waals surface area contributed by atoms with Crippen LogP contribution >= 0.6 is 0 Å². The van der Waals surface area contributed by atoms with Gasteiger partial charge in [-0.05, 0) is 30.4 Å². The summed E-state index contributed by atoms with van der Waals surface area (Å²) >= 11 is 0. The molecule has 1 fully saturated rings. The summed E-state index contributed by atoms with van der Waals surface area (Å²) in [6.07, 6.45) is 2.77. The van der Waals surface area contributed by atoms with Gasteiger partial charge in [-0.1, -0.05) is 31.2 Å². The van der Waals surface area contributed by atoms with Crippen LogP contribution in [0.2, 0.25) is 0 Å². The van der Waals surface area contributed by atoms with Crippen LogP contribution < -0.4 is 0 Å². The summed E-state index contributed by atoms with van der Waals surface area (Å²) in [7, 11) is 0. The molecule has 1 aromatic carbocycles. The second kappa shape index (κ2) is 6.01. The maximum absolute atomic E-state index is 11.9. The largest absolute Gasteiger partial charge is 0.391 e. The second-order valence-corrected chi connectivity index (χ2v) is 4.95. The van der Waals surface area contributed by atoms with E-state index in [0.29, 0.717) is 19.5 Å². The fourth-order valence-corrected chi connectivity index (χ4v) is 2.32. The topological polar surface area (TPSA) is 40.5 Å². The van der Waals surface area contributed by atoms with Gasteiger partial charge in [-0.15, -0.1) is 0 Å². The SMILES string of the molecule is CCc1ccc(CCC(=O)N2CC[C@@H](O)C2)cc1. The summed E-state index contributed by atoms with van der Waals surface area (Å²) in [4.78, 5) is 13.7. The van der Waals surface area contributed by atoms with Gasteiger partial charge in [-0.2, -0.15) is 0 Å². The Morgan fingerprint density at radius 3 is 2.56 bits per heavy atom. The van der Waals surface area contributed by atoms with Crippen LogP contribution in [0.25, 0.3) is 0 Å². The molecular formula is C15H21NO2. The van der Waals surface area contributed by atoms with E-state index in [1.165, 1.54) is 11.1 Å². The highest BCUT2D eigenvalue weighted by molar-refractivity contribution is 5.76. The maximum Gasteiger partial charge on any atom is 0.222 e. The number of nitrogens with zero attached hydrogens (tertiary/aromatic N) is 1. The highest BCUT2D eigenvalue weighted by Gasteiger charge is 2.23. The monoisotopic (exact) mass is 247 g/mol. The molecule has 1 amide bonds. The van der Waals surface area contributed by atoms with Gasteiger partial charge in [0.1, 0.15) is 0 Å². The van der Waals surface area contributed by atoms with Gasteiger partial charge >= 0.3 is 0 Å². The second-order valence-electron chi connectivity index (χ2n) is 4.95. The highest BCUT2D eigenvalue weighted by atomic mass is 16.3. The summed E-state index contributed by atoms with van der Waals surface area (Å²) < 4.78 is 0. The molecule has 3 nitrogen and oxygen atoms in total. The first-order valence-electron chi connectivity index (χ1n) is 6.72. The van der Waals surface area contributed by atoms with Crippen molar-refractivity contribution in [3.63, 3.8) is 0 Å². The van der Waals surface area contributed by atoms with Crippen LogP contribution in [0.1, 0.15) is 30.9 Å². The number of β-amino-alcohol motifs (C(OH)–C–C–N with tert-alkyl or cyclic N) is 1. The lowest BCUT2D eigenvalue weighted by molar-refractivity contribution is -0.130. The average molecular weight is 247 g/mol. The maximum atomic E-state index is 11.9. The third-order valence-corrected chi connectivity index (χ3v) is 3.57. The molecule has 0 unspecified atom stereocenters. The van der Waals surface area contributed by atoms with Crippen molar-refractivity contribution in [2.45, 2.75) is 38.7 Å². The molecule has 0 saturated carbocycles. The molecule has 0 bridgehead atoms. The van der Waals surface area contributed by atoms with E-state index in [2.05, 4.69) is 31.2 Å². The molecule has 0 aliphatic carbocycles. The minimum atomic E-state index is -0.321. The molecule has 1 saturated heterocycles. The molecule has 1 heterocycles. The number of aryl methyl sites for hydroxylation is 2. The van der Waals surface area contributed by atoms with E-state index in [1.54, 1.807) is 4.90 Å². The Balaban J connectivity index is 1.81. The van der Waals surface area contributed by atoms with Crippen LogP contribution in [0, 0.1) is 0 Å². The van der Waals surface area contributed by atoms with Crippen LogP contribution in [0.15, 0.2) is 24.3 Å². The Morgan fingerprint density at radius 1 is 1.33 bits per heavy atom. The predicted octanol–water partition coefficient (Wildman–Crippen LogP) is 1.77. The van der Waals surface area contributed by atoms with Crippen LogP contribution in [0.3, 0.4) is 0 Å². The lowest BCUT2D eigenvalue weighted by Crippen LogP contribution is -2.29. The van der Waals surface area contributed by atoms with E-state index in [-0.39, 0.29) is 12.0 Å². The van der Waals surface area contributed by atoms with Crippen LogP contribution in [-0.2, 0) is 17.6 Å². The number of aliphatic hydroxyl groups excluding tert-OH is 1. The van der Waals surface area contributed by atoms with Gasteiger partial charge in [-0.3, -0.25) is 4.79 Å². The number of benzene rings is 1. The van der Waals surface area contributed by atoms with Crippen molar-refractivity contribution in [2.24, 2.45) is 0 Å². The summed E-state index contributed by atoms with van der Waals surface area (Å²) in [5.41, 5.74) is 2.54. The van der Waals surface area contributed by atoms with Crippen molar-refractivity contribution >= 4 is 5.91 Å². The number of hydrogen-bond donors (Lipinski definition) is 1. The highest BCUT2D eigenvalue weighted by Crippen LogP contribution is 2.12. The summed E-state index contributed by atoms with van der Waals surface area (Å²) in [6.45, 7) is 3.35. The molecule has 0 radical (unpaired) electrons. The number of amides is 1. The van der Waals surface area contributed by atoms with Gasteiger partial charge in [-0.25, -0.2) is 0 Å². The number of aliphatic hydroxyl groups is 1. The number of carbonyl (C=O) groups excluding carboxylic acids is 1. The molecule has 0 spiro atoms. The molecule has 2 rings (SSSR count). The first-order valence-corrected chi connectivity index (χ1v) is 6.72. The minimum absolute atomic E-state index is 0.158. The fourth-order valence-electron chi connectivity index (χ4n) is 2.32. The third kappa shape index (κ3) is 3.33. The predicted molar refractivity (Wildman–Crippen MR) is 71.3 cm³/mol. The number of hydrogen-bond acceptors (Lipinski definition) is 2. The van der Waals surface area contributed by atoms with Gasteiger partial charge < -0.3 is 10.0 Å². The molecule has 1 atom stereocenters. The van der Waals surface area contributed by atoms with Gasteiger partial charge in [0.2, 0.25) is 5.91 Å². The summed E-state index contributed by atoms with van der Waals surface area (Å²) in [5.74, 6) is 0.158. The molecule has 0 aromatic heterocycles. The number of likely N-dealkylation sites (tertiary alicyclic amines) is 1. The molecule has 18 heavy (non-hydrogen) atoms. The van der Waals surface area contributed by atoms with E-state index < -0.39 is 0 Å². The zero-order valence-corrected chi connectivity index (χ0v) is 10.9. The van der Waals surface area contributed by atoms with Gasteiger partial charge in [0.25, 0.3) is 0 Å². The molecule has 3 heteroatoms. The van der Waals surface area contributed by atoms with Gasteiger partial charge in [0.15, 0.2) is 0 Å². The van der Waals surface area contributed by atoms with Gasteiger partial charge in [0, 0.05) is 19.5 Å². The van der Waals surface area contributed by atoms with E-state index in [9.17, 15) is 9.90 Å².